The van der Waals surface area contributed by atoms with E-state index in [9.17, 15) is 8.42 Å². The summed E-state index contributed by atoms with van der Waals surface area (Å²) in [6.45, 7) is -0.188. The molecule has 0 unspecified atom stereocenters. The Labute approximate surface area is 106 Å². The zero-order chi connectivity index (χ0) is 12.7. The summed E-state index contributed by atoms with van der Waals surface area (Å²) in [6, 6.07) is 7.74. The van der Waals surface area contributed by atoms with Crippen molar-refractivity contribution < 1.29 is 13.5 Å². The fourth-order valence-corrected chi connectivity index (χ4v) is 3.14. The van der Waals surface area contributed by atoms with Gasteiger partial charge in [0.05, 0.1) is 11.5 Å². The molecule has 1 aromatic carbocycles. The maximum atomic E-state index is 11.9. The molecular formula is C11H17NO3S2. The summed E-state index contributed by atoms with van der Waals surface area (Å²) in [5, 5.41) is 9.13. The molecule has 96 valence electrons. The minimum atomic E-state index is -3.52. The first kappa shape index (κ1) is 14.5. The van der Waals surface area contributed by atoms with E-state index in [1.54, 1.807) is 30.0 Å². The lowest BCUT2D eigenvalue weighted by Gasteiger charge is -2.15. The highest BCUT2D eigenvalue weighted by molar-refractivity contribution is 7.98. The van der Waals surface area contributed by atoms with Gasteiger partial charge in [-0.1, -0.05) is 18.2 Å². The first-order chi connectivity index (χ1) is 8.10. The van der Waals surface area contributed by atoms with E-state index in [1.165, 1.54) is 12.1 Å². The molecule has 1 aromatic rings. The molecule has 1 atom stereocenters. The van der Waals surface area contributed by atoms with Crippen LogP contribution in [0.4, 0.5) is 0 Å². The smallest absolute Gasteiger partial charge is 0.240 e. The highest BCUT2D eigenvalue weighted by Gasteiger charge is 2.18. The maximum absolute atomic E-state index is 11.9. The summed E-state index contributed by atoms with van der Waals surface area (Å²) in [6.07, 6.45) is 2.56. The lowest BCUT2D eigenvalue weighted by molar-refractivity contribution is 0.254. The molecule has 1 rings (SSSR count). The first-order valence-corrected chi connectivity index (χ1v) is 8.15. The molecule has 0 spiro atoms. The van der Waals surface area contributed by atoms with E-state index < -0.39 is 16.1 Å². The van der Waals surface area contributed by atoms with E-state index in [4.69, 9.17) is 5.11 Å². The Kier molecular flexibility index (Phi) is 5.97. The molecule has 0 aliphatic rings. The second kappa shape index (κ2) is 7.00. The van der Waals surface area contributed by atoms with Crippen molar-refractivity contribution in [3.05, 3.63) is 30.3 Å². The molecular weight excluding hydrogens is 258 g/mol. The van der Waals surface area contributed by atoms with Gasteiger partial charge in [-0.3, -0.25) is 0 Å². The van der Waals surface area contributed by atoms with Crippen LogP contribution in [0.3, 0.4) is 0 Å². The molecule has 0 aliphatic heterocycles. The summed E-state index contributed by atoms with van der Waals surface area (Å²) >= 11 is 1.62. The number of nitrogens with one attached hydrogen (secondary N) is 1. The molecule has 17 heavy (non-hydrogen) atoms. The second-order valence-electron chi connectivity index (χ2n) is 3.60. The van der Waals surface area contributed by atoms with Crippen LogP contribution in [0.2, 0.25) is 0 Å². The van der Waals surface area contributed by atoms with Gasteiger partial charge in [0.1, 0.15) is 0 Å². The molecule has 0 saturated heterocycles. The van der Waals surface area contributed by atoms with Gasteiger partial charge in [-0.25, -0.2) is 13.1 Å². The van der Waals surface area contributed by atoms with Crippen LogP contribution in [-0.2, 0) is 10.0 Å². The van der Waals surface area contributed by atoms with Gasteiger partial charge >= 0.3 is 0 Å². The van der Waals surface area contributed by atoms with Crippen molar-refractivity contribution in [2.45, 2.75) is 17.4 Å². The van der Waals surface area contributed by atoms with Gasteiger partial charge < -0.3 is 5.11 Å². The molecule has 2 N–H and O–H groups in total. The van der Waals surface area contributed by atoms with E-state index in [0.29, 0.717) is 6.42 Å². The van der Waals surface area contributed by atoms with Crippen LogP contribution in [0.5, 0.6) is 0 Å². The van der Waals surface area contributed by atoms with Gasteiger partial charge in [0.2, 0.25) is 10.0 Å². The van der Waals surface area contributed by atoms with E-state index in [0.717, 1.165) is 5.75 Å². The van der Waals surface area contributed by atoms with Crippen molar-refractivity contribution >= 4 is 21.8 Å². The maximum Gasteiger partial charge on any atom is 0.240 e. The topological polar surface area (TPSA) is 66.4 Å². The fourth-order valence-electron chi connectivity index (χ4n) is 1.33. The number of aliphatic hydroxyl groups excluding tert-OH is 1. The van der Waals surface area contributed by atoms with Gasteiger partial charge in [0.15, 0.2) is 0 Å². The predicted molar refractivity (Wildman–Crippen MR) is 70.6 cm³/mol. The molecule has 0 aromatic heterocycles. The summed E-state index contributed by atoms with van der Waals surface area (Å²) in [5.41, 5.74) is 0. The van der Waals surface area contributed by atoms with Gasteiger partial charge in [-0.2, -0.15) is 11.8 Å². The number of rotatable bonds is 7. The Balaban J connectivity index is 2.72. The number of hydrogen-bond acceptors (Lipinski definition) is 4. The van der Waals surface area contributed by atoms with E-state index in [2.05, 4.69) is 4.72 Å². The highest BCUT2D eigenvalue weighted by atomic mass is 32.2. The van der Waals surface area contributed by atoms with Crippen LogP contribution >= 0.6 is 11.8 Å². The Bertz CT molecular complexity index is 420. The third-order valence-corrected chi connectivity index (χ3v) is 4.45. The van der Waals surface area contributed by atoms with Crippen molar-refractivity contribution in [1.29, 1.82) is 0 Å². The Morgan fingerprint density at radius 3 is 2.53 bits per heavy atom. The second-order valence-corrected chi connectivity index (χ2v) is 6.29. The monoisotopic (exact) mass is 275 g/mol. The minimum Gasteiger partial charge on any atom is -0.395 e. The summed E-state index contributed by atoms with van der Waals surface area (Å²) in [5.74, 6) is 0.808. The predicted octanol–water partition coefficient (Wildman–Crippen LogP) is 1.08. The third-order valence-electron chi connectivity index (χ3n) is 2.27. The van der Waals surface area contributed by atoms with Gasteiger partial charge in [0, 0.05) is 6.04 Å². The first-order valence-electron chi connectivity index (χ1n) is 5.27. The SMILES string of the molecule is CSCC[C@@H](CO)NS(=O)(=O)c1ccccc1. The van der Waals surface area contributed by atoms with Crippen molar-refractivity contribution in [1.82, 2.24) is 4.72 Å². The van der Waals surface area contributed by atoms with E-state index in [1.807, 2.05) is 6.26 Å². The molecule has 0 saturated carbocycles. The number of benzene rings is 1. The van der Waals surface area contributed by atoms with Crippen molar-refractivity contribution in [2.75, 3.05) is 18.6 Å². The number of hydrogen-bond donors (Lipinski definition) is 2. The molecule has 6 heteroatoms. The van der Waals surface area contributed by atoms with Gasteiger partial charge in [-0.15, -0.1) is 0 Å². The highest BCUT2D eigenvalue weighted by Crippen LogP contribution is 2.09. The fraction of sp³-hybridized carbons (Fsp3) is 0.455. The molecule has 0 amide bonds. The van der Waals surface area contributed by atoms with Crippen LogP contribution < -0.4 is 4.72 Å². The van der Waals surface area contributed by atoms with E-state index in [-0.39, 0.29) is 11.5 Å². The normalized spacial score (nSPS) is 13.5. The van der Waals surface area contributed by atoms with Crippen LogP contribution in [0.15, 0.2) is 35.2 Å². The minimum absolute atomic E-state index is 0.188. The zero-order valence-electron chi connectivity index (χ0n) is 9.67. The van der Waals surface area contributed by atoms with Crippen molar-refractivity contribution in [2.24, 2.45) is 0 Å². The summed E-state index contributed by atoms with van der Waals surface area (Å²) < 4.78 is 26.4. The van der Waals surface area contributed by atoms with E-state index >= 15 is 0 Å². The number of thioether (sulfide) groups is 1. The van der Waals surface area contributed by atoms with Crippen LogP contribution in [0, 0.1) is 0 Å². The third kappa shape index (κ3) is 4.67. The summed E-state index contributed by atoms with van der Waals surface area (Å²) in [7, 11) is -3.52. The quantitative estimate of drug-likeness (QED) is 0.781. The molecule has 0 radical (unpaired) electrons. The average molecular weight is 275 g/mol. The van der Waals surface area contributed by atoms with Crippen molar-refractivity contribution in [3.63, 3.8) is 0 Å². The van der Waals surface area contributed by atoms with Crippen LogP contribution in [0.1, 0.15) is 6.42 Å². The van der Waals surface area contributed by atoms with Gasteiger partial charge in [0.25, 0.3) is 0 Å². The number of sulfonamides is 1. The number of aliphatic hydroxyl groups is 1. The van der Waals surface area contributed by atoms with Gasteiger partial charge in [-0.05, 0) is 30.6 Å². The van der Waals surface area contributed by atoms with Crippen molar-refractivity contribution in [3.8, 4) is 0 Å². The molecule has 0 fully saturated rings. The molecule has 0 bridgehead atoms. The Hall–Kier alpha value is -0.560. The molecule has 0 heterocycles. The standard InChI is InChI=1S/C11H17NO3S2/c1-16-8-7-10(9-13)12-17(14,15)11-5-3-2-4-6-11/h2-6,10,12-13H,7-9H2,1H3/t10-/m0/s1. The molecule has 4 nitrogen and oxygen atoms in total. The van der Waals surface area contributed by atoms with Crippen LogP contribution in [0.25, 0.3) is 0 Å². The average Bonchev–Trinajstić information content (AvgIpc) is 2.35. The summed E-state index contributed by atoms with van der Waals surface area (Å²) in [4.78, 5) is 0.225. The largest absolute Gasteiger partial charge is 0.395 e. The van der Waals surface area contributed by atoms with Crippen LogP contribution in [-0.4, -0.2) is 38.2 Å². The lowest BCUT2D eigenvalue weighted by Crippen LogP contribution is -2.37. The zero-order valence-corrected chi connectivity index (χ0v) is 11.3. The Morgan fingerprint density at radius 1 is 1.35 bits per heavy atom. The lowest BCUT2D eigenvalue weighted by atomic mass is 10.3. The molecule has 0 aliphatic carbocycles. The Morgan fingerprint density at radius 2 is 2.00 bits per heavy atom.